The first-order valence-electron chi connectivity index (χ1n) is 4.33. The fourth-order valence-corrected chi connectivity index (χ4v) is 1.52. The van der Waals surface area contributed by atoms with Gasteiger partial charge in [-0.1, -0.05) is 13.0 Å². The van der Waals surface area contributed by atoms with Gasteiger partial charge in [0.2, 0.25) is 0 Å². The van der Waals surface area contributed by atoms with Crippen LogP contribution in [0.15, 0.2) is 12.7 Å². The summed E-state index contributed by atoms with van der Waals surface area (Å²) in [5, 5.41) is 0. The van der Waals surface area contributed by atoms with E-state index >= 15 is 0 Å². The maximum atomic E-state index is 5.92. The van der Waals surface area contributed by atoms with E-state index in [9.17, 15) is 0 Å². The number of rotatable bonds is 2. The summed E-state index contributed by atoms with van der Waals surface area (Å²) in [4.78, 5) is 2.36. The zero-order valence-corrected chi connectivity index (χ0v) is 7.29. The molecule has 1 saturated heterocycles. The lowest BCUT2D eigenvalue weighted by atomic mass is 9.94. The van der Waals surface area contributed by atoms with Crippen LogP contribution in [0, 0.1) is 5.92 Å². The van der Waals surface area contributed by atoms with Crippen LogP contribution in [0.5, 0.6) is 0 Å². The molecule has 0 aliphatic carbocycles. The van der Waals surface area contributed by atoms with Crippen LogP contribution in [0.25, 0.3) is 0 Å². The third-order valence-electron chi connectivity index (χ3n) is 2.49. The molecule has 1 fully saturated rings. The molecule has 2 unspecified atom stereocenters. The Hall–Kier alpha value is -0.340. The van der Waals surface area contributed by atoms with E-state index in [1.807, 2.05) is 6.08 Å². The molecule has 2 heteroatoms. The van der Waals surface area contributed by atoms with E-state index in [0.29, 0.717) is 12.0 Å². The molecule has 0 saturated carbocycles. The van der Waals surface area contributed by atoms with Crippen LogP contribution in [0.4, 0.5) is 0 Å². The fourth-order valence-electron chi connectivity index (χ4n) is 1.52. The summed E-state index contributed by atoms with van der Waals surface area (Å²) in [5.74, 6) is 0.691. The molecule has 0 bridgehead atoms. The third kappa shape index (κ3) is 2.31. The molecule has 1 heterocycles. The van der Waals surface area contributed by atoms with Crippen LogP contribution in [-0.2, 0) is 0 Å². The largest absolute Gasteiger partial charge is 0.326 e. The van der Waals surface area contributed by atoms with E-state index in [2.05, 4.69) is 18.4 Å². The standard InChI is InChI=1S/C9H18N2/c1-3-5-11-6-4-8(2)9(10)7-11/h3,8-9H,1,4-7,10H2,2H3. The van der Waals surface area contributed by atoms with Gasteiger partial charge in [-0.3, -0.25) is 4.90 Å². The van der Waals surface area contributed by atoms with Crippen molar-refractivity contribution in [2.45, 2.75) is 19.4 Å². The van der Waals surface area contributed by atoms with Gasteiger partial charge < -0.3 is 5.73 Å². The normalized spacial score (nSPS) is 33.6. The smallest absolute Gasteiger partial charge is 0.0194 e. The maximum Gasteiger partial charge on any atom is 0.0194 e. The molecule has 2 nitrogen and oxygen atoms in total. The zero-order chi connectivity index (χ0) is 8.27. The van der Waals surface area contributed by atoms with Gasteiger partial charge in [0.1, 0.15) is 0 Å². The van der Waals surface area contributed by atoms with Gasteiger partial charge in [0, 0.05) is 19.1 Å². The van der Waals surface area contributed by atoms with Crippen LogP contribution in [0.2, 0.25) is 0 Å². The quantitative estimate of drug-likeness (QED) is 0.597. The van der Waals surface area contributed by atoms with Gasteiger partial charge in [-0.25, -0.2) is 0 Å². The molecule has 2 N–H and O–H groups in total. The average molecular weight is 154 g/mol. The lowest BCUT2D eigenvalue weighted by Gasteiger charge is -2.34. The minimum Gasteiger partial charge on any atom is -0.326 e. The molecule has 0 aromatic heterocycles. The van der Waals surface area contributed by atoms with Gasteiger partial charge in [-0.2, -0.15) is 0 Å². The molecule has 1 rings (SSSR count). The second-order valence-electron chi connectivity index (χ2n) is 3.48. The topological polar surface area (TPSA) is 29.3 Å². The highest BCUT2D eigenvalue weighted by Crippen LogP contribution is 2.14. The summed E-state index contributed by atoms with van der Waals surface area (Å²) in [6, 6.07) is 0.365. The van der Waals surface area contributed by atoms with Gasteiger partial charge in [-0.15, -0.1) is 6.58 Å². The van der Waals surface area contributed by atoms with Crippen molar-refractivity contribution in [2.75, 3.05) is 19.6 Å². The van der Waals surface area contributed by atoms with Gasteiger partial charge >= 0.3 is 0 Å². The van der Waals surface area contributed by atoms with Crippen molar-refractivity contribution in [1.82, 2.24) is 4.90 Å². The number of likely N-dealkylation sites (tertiary alicyclic amines) is 1. The van der Waals surface area contributed by atoms with E-state index in [0.717, 1.165) is 13.1 Å². The van der Waals surface area contributed by atoms with E-state index < -0.39 is 0 Å². The van der Waals surface area contributed by atoms with E-state index in [4.69, 9.17) is 5.73 Å². The Labute approximate surface area is 69.1 Å². The lowest BCUT2D eigenvalue weighted by molar-refractivity contribution is 0.184. The van der Waals surface area contributed by atoms with Crippen molar-refractivity contribution < 1.29 is 0 Å². The zero-order valence-electron chi connectivity index (χ0n) is 7.29. The average Bonchev–Trinajstić information content (AvgIpc) is 1.98. The molecule has 2 atom stereocenters. The highest BCUT2D eigenvalue weighted by Gasteiger charge is 2.21. The number of hydrogen-bond acceptors (Lipinski definition) is 2. The molecule has 0 aromatic rings. The Kier molecular flexibility index (Phi) is 3.09. The summed E-state index contributed by atoms with van der Waals surface area (Å²) in [6.07, 6.45) is 3.18. The van der Waals surface area contributed by atoms with E-state index in [1.165, 1.54) is 13.0 Å². The van der Waals surface area contributed by atoms with Crippen molar-refractivity contribution in [3.63, 3.8) is 0 Å². The first-order chi connectivity index (χ1) is 5.24. The molecule has 0 spiro atoms. The van der Waals surface area contributed by atoms with Crippen LogP contribution < -0.4 is 5.73 Å². The molecule has 0 radical (unpaired) electrons. The fraction of sp³-hybridized carbons (Fsp3) is 0.778. The minimum atomic E-state index is 0.365. The number of hydrogen-bond donors (Lipinski definition) is 1. The lowest BCUT2D eigenvalue weighted by Crippen LogP contribution is -2.47. The first kappa shape index (κ1) is 8.75. The predicted octanol–water partition coefficient (Wildman–Crippen LogP) is 0.842. The summed E-state index contributed by atoms with van der Waals surface area (Å²) in [7, 11) is 0. The van der Waals surface area contributed by atoms with Crippen LogP contribution >= 0.6 is 0 Å². The Bertz CT molecular complexity index is 134. The van der Waals surface area contributed by atoms with Crippen molar-refractivity contribution >= 4 is 0 Å². The second-order valence-corrected chi connectivity index (χ2v) is 3.48. The summed E-state index contributed by atoms with van der Waals surface area (Å²) < 4.78 is 0. The SMILES string of the molecule is C=CCN1CCC(C)C(N)C1. The Morgan fingerprint density at radius 2 is 2.45 bits per heavy atom. The van der Waals surface area contributed by atoms with Gasteiger partial charge in [0.25, 0.3) is 0 Å². The first-order valence-corrected chi connectivity index (χ1v) is 4.33. The Morgan fingerprint density at radius 1 is 1.73 bits per heavy atom. The van der Waals surface area contributed by atoms with Crippen molar-refractivity contribution in [1.29, 1.82) is 0 Å². The monoisotopic (exact) mass is 154 g/mol. The number of nitrogens with zero attached hydrogens (tertiary/aromatic N) is 1. The minimum absolute atomic E-state index is 0.365. The predicted molar refractivity (Wildman–Crippen MR) is 48.4 cm³/mol. The van der Waals surface area contributed by atoms with Crippen LogP contribution in [0.3, 0.4) is 0 Å². The van der Waals surface area contributed by atoms with Gasteiger partial charge in [-0.05, 0) is 18.9 Å². The number of nitrogens with two attached hydrogens (primary N) is 1. The van der Waals surface area contributed by atoms with E-state index in [-0.39, 0.29) is 0 Å². The Balaban J connectivity index is 2.33. The van der Waals surface area contributed by atoms with Crippen molar-refractivity contribution in [2.24, 2.45) is 11.7 Å². The molecule has 0 amide bonds. The molecular weight excluding hydrogens is 136 g/mol. The molecule has 1 aliphatic heterocycles. The maximum absolute atomic E-state index is 5.92. The highest BCUT2D eigenvalue weighted by molar-refractivity contribution is 4.83. The Morgan fingerprint density at radius 3 is 3.00 bits per heavy atom. The highest BCUT2D eigenvalue weighted by atomic mass is 15.1. The summed E-state index contributed by atoms with van der Waals surface area (Å²) in [5.41, 5.74) is 5.92. The second kappa shape index (κ2) is 3.88. The molecule has 11 heavy (non-hydrogen) atoms. The molecular formula is C9H18N2. The molecule has 1 aliphatic rings. The van der Waals surface area contributed by atoms with Crippen LogP contribution in [-0.4, -0.2) is 30.6 Å². The van der Waals surface area contributed by atoms with Gasteiger partial charge in [0.05, 0.1) is 0 Å². The molecule has 64 valence electrons. The van der Waals surface area contributed by atoms with Crippen molar-refractivity contribution in [3.05, 3.63) is 12.7 Å². The summed E-state index contributed by atoms with van der Waals surface area (Å²) in [6.45, 7) is 9.15. The third-order valence-corrected chi connectivity index (χ3v) is 2.49. The number of piperidine rings is 1. The molecule has 0 aromatic carbocycles. The summed E-state index contributed by atoms with van der Waals surface area (Å²) >= 11 is 0. The van der Waals surface area contributed by atoms with E-state index in [1.54, 1.807) is 0 Å². The van der Waals surface area contributed by atoms with Crippen LogP contribution in [0.1, 0.15) is 13.3 Å². The van der Waals surface area contributed by atoms with Crippen molar-refractivity contribution in [3.8, 4) is 0 Å². The van der Waals surface area contributed by atoms with Gasteiger partial charge in [0.15, 0.2) is 0 Å².